The highest BCUT2D eigenvalue weighted by atomic mass is 16.7. The molecule has 0 aromatic carbocycles. The number of quaternary nitrogens is 1. The highest BCUT2D eigenvalue weighted by Crippen LogP contribution is 2.16. The summed E-state index contributed by atoms with van der Waals surface area (Å²) in [5.74, 6) is -2.02. The van der Waals surface area contributed by atoms with Crippen LogP contribution >= 0.6 is 0 Å². The summed E-state index contributed by atoms with van der Waals surface area (Å²) < 4.78 is 22.8. The maximum absolute atomic E-state index is 12.8. The largest absolute Gasteiger partial charge is 0.477 e. The summed E-state index contributed by atoms with van der Waals surface area (Å²) in [4.78, 5) is 37.3. The average molecular weight is 974 g/mol. The van der Waals surface area contributed by atoms with Crippen LogP contribution in [-0.4, -0.2) is 87.4 Å². The second-order valence-corrected chi connectivity index (χ2v) is 20.6. The minimum Gasteiger partial charge on any atom is -0.477 e. The first-order valence-corrected chi connectivity index (χ1v) is 28.8. The van der Waals surface area contributed by atoms with E-state index < -0.39 is 24.3 Å². The molecule has 9 nitrogen and oxygen atoms in total. The lowest BCUT2D eigenvalue weighted by atomic mass is 10.0. The number of hydrogen-bond donors (Lipinski definition) is 1. The molecular weight excluding hydrogens is 863 g/mol. The van der Waals surface area contributed by atoms with Gasteiger partial charge >= 0.3 is 17.9 Å². The molecule has 0 rings (SSSR count). The van der Waals surface area contributed by atoms with Crippen molar-refractivity contribution >= 4 is 17.9 Å². The summed E-state index contributed by atoms with van der Waals surface area (Å²) in [6.07, 6.45) is 60.6. The molecule has 402 valence electrons. The molecule has 2 unspecified atom stereocenters. The zero-order valence-corrected chi connectivity index (χ0v) is 45.7. The Morgan fingerprint density at radius 3 is 1.25 bits per heavy atom. The minimum atomic E-state index is -1.51. The molecule has 0 aliphatic rings. The summed E-state index contributed by atoms with van der Waals surface area (Å²) >= 11 is 0. The molecule has 9 heteroatoms. The highest BCUT2D eigenvalue weighted by Gasteiger charge is 2.25. The molecule has 0 fully saturated rings. The maximum Gasteiger partial charge on any atom is 0.361 e. The first kappa shape index (κ1) is 66.2. The third-order valence-corrected chi connectivity index (χ3v) is 12.6. The number of allylic oxidation sites excluding steroid dienone is 8. The Kier molecular flexibility index (Phi) is 49.5. The zero-order valence-electron chi connectivity index (χ0n) is 45.7. The Balaban J connectivity index is 4.13. The van der Waals surface area contributed by atoms with Crippen LogP contribution in [0.5, 0.6) is 0 Å². The van der Waals surface area contributed by atoms with Crippen LogP contribution in [0.25, 0.3) is 0 Å². The summed E-state index contributed by atoms with van der Waals surface area (Å²) in [7, 11) is 5.96. The van der Waals surface area contributed by atoms with E-state index in [-0.39, 0.29) is 32.2 Å². The fourth-order valence-electron chi connectivity index (χ4n) is 8.14. The van der Waals surface area contributed by atoms with Crippen LogP contribution in [0, 0.1) is 0 Å². The van der Waals surface area contributed by atoms with Gasteiger partial charge in [0.05, 0.1) is 34.4 Å². The SMILES string of the molecule is CC/C=C\C/C=C\C/C=C\CCCCCCCC(=O)OC(COC(=O)CCCCCCCCCCCCCCCCCCC/C=C\CCCCCCCCCC)COC(OCC[N+](C)(C)C)C(=O)O. The van der Waals surface area contributed by atoms with Gasteiger partial charge in [0.2, 0.25) is 0 Å². The Labute approximate surface area is 425 Å². The number of nitrogens with zero attached hydrogens (tertiary/aromatic N) is 1. The van der Waals surface area contributed by atoms with E-state index in [1.54, 1.807) is 0 Å². The van der Waals surface area contributed by atoms with E-state index in [0.717, 1.165) is 70.6 Å². The second-order valence-electron chi connectivity index (χ2n) is 20.6. The van der Waals surface area contributed by atoms with Gasteiger partial charge in [0.1, 0.15) is 13.2 Å². The number of carbonyl (C=O) groups excluding carboxylic acids is 2. The van der Waals surface area contributed by atoms with Crippen molar-refractivity contribution in [2.75, 3.05) is 47.5 Å². The highest BCUT2D eigenvalue weighted by molar-refractivity contribution is 5.71. The van der Waals surface area contributed by atoms with Gasteiger partial charge in [-0.2, -0.15) is 0 Å². The maximum atomic E-state index is 12.8. The van der Waals surface area contributed by atoms with Crippen molar-refractivity contribution in [3.8, 4) is 0 Å². The molecule has 1 N–H and O–H groups in total. The lowest BCUT2D eigenvalue weighted by Gasteiger charge is -2.25. The van der Waals surface area contributed by atoms with Gasteiger partial charge in [-0.1, -0.05) is 223 Å². The number of unbranched alkanes of at least 4 members (excludes halogenated alkanes) is 30. The Hall–Kier alpha value is -2.75. The van der Waals surface area contributed by atoms with E-state index >= 15 is 0 Å². The van der Waals surface area contributed by atoms with Crippen LogP contribution < -0.4 is 0 Å². The van der Waals surface area contributed by atoms with Crippen LogP contribution in [0.2, 0.25) is 0 Å². The summed E-state index contributed by atoms with van der Waals surface area (Å²) in [5.41, 5.74) is 0. The predicted octanol–water partition coefficient (Wildman–Crippen LogP) is 16.7. The molecule has 0 radical (unpaired) electrons. The van der Waals surface area contributed by atoms with E-state index in [9.17, 15) is 19.5 Å². The summed E-state index contributed by atoms with van der Waals surface area (Å²) in [6, 6.07) is 0. The minimum absolute atomic E-state index is 0.184. The van der Waals surface area contributed by atoms with Crippen molar-refractivity contribution in [1.82, 2.24) is 0 Å². The fourth-order valence-corrected chi connectivity index (χ4v) is 8.14. The first-order valence-electron chi connectivity index (χ1n) is 28.8. The lowest BCUT2D eigenvalue weighted by molar-refractivity contribution is -0.870. The molecule has 0 saturated carbocycles. The van der Waals surface area contributed by atoms with Gasteiger partial charge in [0, 0.05) is 12.8 Å². The van der Waals surface area contributed by atoms with Gasteiger partial charge in [-0.15, -0.1) is 0 Å². The number of hydrogen-bond acceptors (Lipinski definition) is 7. The van der Waals surface area contributed by atoms with Crippen LogP contribution in [0.3, 0.4) is 0 Å². The van der Waals surface area contributed by atoms with Crippen LogP contribution in [-0.2, 0) is 33.3 Å². The molecular formula is C60H110NO8+. The standard InChI is InChI=1S/C60H109NO8/c1-6-8-10-12-14-16-18-20-22-23-24-25-26-27-28-29-30-31-32-33-34-35-37-38-40-42-44-46-48-50-57(62)67-54-56(55-68-60(59(64)65)66-53-52-61(3,4)5)69-58(63)51-49-47-45-43-41-39-36-21-19-17-15-13-11-9-7-2/h9,11,15,17,21,23-24,36,56,60H,6-8,10,12-14,16,18-20,22,25-35,37-55H2,1-5H3/p+1/b11-9-,17-15-,24-23-,36-21-. The van der Waals surface area contributed by atoms with Crippen LogP contribution in [0.4, 0.5) is 0 Å². The van der Waals surface area contributed by atoms with Crippen molar-refractivity contribution in [1.29, 1.82) is 0 Å². The van der Waals surface area contributed by atoms with Crippen LogP contribution in [0.1, 0.15) is 258 Å². The van der Waals surface area contributed by atoms with Crippen molar-refractivity contribution in [2.45, 2.75) is 270 Å². The number of carbonyl (C=O) groups is 3. The number of ether oxygens (including phenoxy) is 4. The third-order valence-electron chi connectivity index (χ3n) is 12.6. The molecule has 0 spiro atoms. The molecule has 0 heterocycles. The molecule has 2 atom stereocenters. The van der Waals surface area contributed by atoms with Gasteiger partial charge in [0.15, 0.2) is 6.10 Å². The molecule has 0 saturated heterocycles. The lowest BCUT2D eigenvalue weighted by Crippen LogP contribution is -2.40. The van der Waals surface area contributed by atoms with E-state index in [1.165, 1.54) is 154 Å². The van der Waals surface area contributed by atoms with Crippen molar-refractivity contribution in [2.24, 2.45) is 0 Å². The smallest absolute Gasteiger partial charge is 0.361 e. The molecule has 69 heavy (non-hydrogen) atoms. The molecule has 0 aromatic heterocycles. The van der Waals surface area contributed by atoms with Gasteiger partial charge in [-0.3, -0.25) is 9.59 Å². The quantitative estimate of drug-likeness (QED) is 0.0211. The van der Waals surface area contributed by atoms with Gasteiger partial charge in [-0.25, -0.2) is 4.79 Å². The van der Waals surface area contributed by atoms with Crippen molar-refractivity contribution in [3.05, 3.63) is 48.6 Å². The van der Waals surface area contributed by atoms with Gasteiger partial charge in [-0.05, 0) is 70.6 Å². The number of esters is 2. The topological polar surface area (TPSA) is 108 Å². The average Bonchev–Trinajstić information content (AvgIpc) is 3.31. The van der Waals surface area contributed by atoms with Crippen LogP contribution in [0.15, 0.2) is 48.6 Å². The third kappa shape index (κ3) is 52.9. The van der Waals surface area contributed by atoms with Crippen molar-refractivity contribution < 1.29 is 42.9 Å². The molecule has 0 aliphatic carbocycles. The zero-order chi connectivity index (χ0) is 50.6. The summed E-state index contributed by atoms with van der Waals surface area (Å²) in [5, 5.41) is 9.68. The second kappa shape index (κ2) is 51.6. The monoisotopic (exact) mass is 973 g/mol. The molecule has 0 bridgehead atoms. The predicted molar refractivity (Wildman–Crippen MR) is 290 cm³/mol. The van der Waals surface area contributed by atoms with E-state index in [4.69, 9.17) is 18.9 Å². The molecule has 0 aromatic rings. The normalized spacial score (nSPS) is 13.1. The van der Waals surface area contributed by atoms with E-state index in [0.29, 0.717) is 23.9 Å². The number of likely N-dealkylation sites (N-methyl/N-ethyl adjacent to an activating group) is 1. The number of aliphatic carboxylic acids is 1. The molecule has 0 aliphatic heterocycles. The fraction of sp³-hybridized carbons (Fsp3) is 0.817. The Bertz CT molecular complexity index is 1270. The number of carboxylic acid groups (broad SMARTS) is 1. The number of carboxylic acids is 1. The Morgan fingerprint density at radius 2 is 0.826 bits per heavy atom. The van der Waals surface area contributed by atoms with E-state index in [1.807, 2.05) is 21.1 Å². The Morgan fingerprint density at radius 1 is 0.449 bits per heavy atom. The van der Waals surface area contributed by atoms with E-state index in [2.05, 4.69) is 62.5 Å². The first-order chi connectivity index (χ1) is 33.6. The molecule has 0 amide bonds. The number of rotatable bonds is 53. The van der Waals surface area contributed by atoms with Crippen molar-refractivity contribution in [3.63, 3.8) is 0 Å². The summed E-state index contributed by atoms with van der Waals surface area (Å²) in [6.45, 7) is 4.76. The van der Waals surface area contributed by atoms with Gasteiger partial charge < -0.3 is 28.5 Å². The van der Waals surface area contributed by atoms with Gasteiger partial charge in [0.25, 0.3) is 6.29 Å².